The van der Waals surface area contributed by atoms with Crippen molar-refractivity contribution in [2.45, 2.75) is 13.1 Å². The van der Waals surface area contributed by atoms with E-state index < -0.39 is 0 Å². The molecule has 3 rings (SSSR count). The monoisotopic (exact) mass is 281 g/mol. The molecule has 4 heteroatoms. The van der Waals surface area contributed by atoms with Gasteiger partial charge in [0.05, 0.1) is 19.3 Å². The first-order chi connectivity index (χ1) is 10.3. The third-order valence-corrected chi connectivity index (χ3v) is 3.56. The minimum absolute atomic E-state index is 0.652. The van der Waals surface area contributed by atoms with Crippen LogP contribution in [0.25, 0.3) is 10.9 Å². The zero-order valence-corrected chi connectivity index (χ0v) is 12.3. The molecular formula is C17H19N3O. The van der Waals surface area contributed by atoms with Crippen molar-refractivity contribution >= 4 is 10.9 Å². The number of nitrogens with zero attached hydrogens (tertiary/aromatic N) is 2. The molecule has 0 saturated carbocycles. The van der Waals surface area contributed by atoms with Crippen molar-refractivity contribution in [1.82, 2.24) is 14.9 Å². The fraction of sp³-hybridized carbons (Fsp3) is 0.235. The fourth-order valence-corrected chi connectivity index (χ4v) is 2.62. The molecule has 0 fully saturated rings. The minimum atomic E-state index is 0.652. The highest BCUT2D eigenvalue weighted by molar-refractivity contribution is 5.84. The molecule has 2 heterocycles. The van der Waals surface area contributed by atoms with Crippen LogP contribution in [-0.4, -0.2) is 23.7 Å². The largest absolute Gasteiger partial charge is 0.481 e. The molecule has 1 aromatic carbocycles. The highest BCUT2D eigenvalue weighted by Gasteiger charge is 2.08. The molecule has 3 aromatic rings. The topological polar surface area (TPSA) is 39.1 Å². The number of nitrogens with one attached hydrogen (secondary N) is 1. The van der Waals surface area contributed by atoms with Gasteiger partial charge in [0, 0.05) is 29.7 Å². The molecule has 4 nitrogen and oxygen atoms in total. The number of para-hydroxylation sites is 1. The SMILES string of the molecule is CNCc1cn(Cc2cccc(OC)n2)c2ccccc12. The van der Waals surface area contributed by atoms with E-state index >= 15 is 0 Å². The van der Waals surface area contributed by atoms with Gasteiger partial charge in [-0.25, -0.2) is 4.98 Å². The molecule has 0 aliphatic heterocycles. The number of hydrogen-bond donors (Lipinski definition) is 1. The second-order valence-corrected chi connectivity index (χ2v) is 5.00. The van der Waals surface area contributed by atoms with Crippen molar-refractivity contribution in [1.29, 1.82) is 0 Å². The summed E-state index contributed by atoms with van der Waals surface area (Å²) in [6.45, 7) is 1.60. The molecule has 1 N–H and O–H groups in total. The maximum absolute atomic E-state index is 5.19. The number of benzene rings is 1. The Hall–Kier alpha value is -2.33. The molecular weight excluding hydrogens is 262 g/mol. The standard InChI is InChI=1S/C17H19N3O/c1-18-10-13-11-20(16-8-4-3-7-15(13)16)12-14-6-5-9-17(19-14)21-2/h3-9,11,18H,10,12H2,1-2H3. The molecule has 0 bridgehead atoms. The third-order valence-electron chi connectivity index (χ3n) is 3.56. The molecule has 21 heavy (non-hydrogen) atoms. The van der Waals surface area contributed by atoms with Gasteiger partial charge in [0.2, 0.25) is 5.88 Å². The molecule has 0 spiro atoms. The lowest BCUT2D eigenvalue weighted by Crippen LogP contribution is -2.04. The summed E-state index contributed by atoms with van der Waals surface area (Å²) >= 11 is 0. The number of rotatable bonds is 5. The van der Waals surface area contributed by atoms with E-state index in [9.17, 15) is 0 Å². The van der Waals surface area contributed by atoms with Crippen LogP contribution in [0.4, 0.5) is 0 Å². The van der Waals surface area contributed by atoms with Gasteiger partial charge in [-0.05, 0) is 24.7 Å². The lowest BCUT2D eigenvalue weighted by atomic mass is 10.2. The Labute approximate surface area is 124 Å². The normalized spacial score (nSPS) is 11.0. The summed E-state index contributed by atoms with van der Waals surface area (Å²) in [5.74, 6) is 0.652. The number of ether oxygens (including phenoxy) is 1. The summed E-state index contributed by atoms with van der Waals surface area (Å²) in [5.41, 5.74) is 3.52. The molecule has 0 unspecified atom stereocenters. The summed E-state index contributed by atoms with van der Waals surface area (Å²) in [5, 5.41) is 4.51. The highest BCUT2D eigenvalue weighted by atomic mass is 16.5. The molecule has 2 aromatic heterocycles. The predicted molar refractivity (Wildman–Crippen MR) is 84.6 cm³/mol. The molecule has 0 radical (unpaired) electrons. The average Bonchev–Trinajstić information content (AvgIpc) is 2.86. The zero-order valence-electron chi connectivity index (χ0n) is 12.3. The Morgan fingerprint density at radius 3 is 2.81 bits per heavy atom. The molecule has 0 amide bonds. The van der Waals surface area contributed by atoms with Gasteiger partial charge >= 0.3 is 0 Å². The van der Waals surface area contributed by atoms with E-state index in [4.69, 9.17) is 4.74 Å². The minimum Gasteiger partial charge on any atom is -0.481 e. The number of methoxy groups -OCH3 is 1. The Balaban J connectivity index is 1.99. The molecule has 0 aliphatic rings. The van der Waals surface area contributed by atoms with Crippen LogP contribution in [0, 0.1) is 0 Å². The van der Waals surface area contributed by atoms with Crippen LogP contribution < -0.4 is 10.1 Å². The number of fused-ring (bicyclic) bond motifs is 1. The quantitative estimate of drug-likeness (QED) is 0.781. The van der Waals surface area contributed by atoms with Crippen LogP contribution in [0.15, 0.2) is 48.7 Å². The van der Waals surface area contributed by atoms with Gasteiger partial charge in [0.1, 0.15) is 0 Å². The third kappa shape index (κ3) is 2.76. The highest BCUT2D eigenvalue weighted by Crippen LogP contribution is 2.22. The summed E-state index contributed by atoms with van der Waals surface area (Å²) in [4.78, 5) is 4.49. The first-order valence-electron chi connectivity index (χ1n) is 7.03. The van der Waals surface area contributed by atoms with Crippen molar-refractivity contribution in [3.05, 3.63) is 59.9 Å². The predicted octanol–water partition coefficient (Wildman–Crippen LogP) is 2.81. The molecule has 0 aliphatic carbocycles. The van der Waals surface area contributed by atoms with Crippen molar-refractivity contribution in [3.8, 4) is 5.88 Å². The van der Waals surface area contributed by atoms with Gasteiger partial charge in [-0.1, -0.05) is 24.3 Å². The van der Waals surface area contributed by atoms with Gasteiger partial charge in [0.25, 0.3) is 0 Å². The Morgan fingerprint density at radius 2 is 2.00 bits per heavy atom. The van der Waals surface area contributed by atoms with Crippen molar-refractivity contribution in [3.63, 3.8) is 0 Å². The summed E-state index contributed by atoms with van der Waals surface area (Å²) in [6.07, 6.45) is 2.20. The van der Waals surface area contributed by atoms with Crippen LogP contribution in [-0.2, 0) is 13.1 Å². The molecule has 0 saturated heterocycles. The van der Waals surface area contributed by atoms with Gasteiger partial charge in [-0.15, -0.1) is 0 Å². The van der Waals surface area contributed by atoms with Gasteiger partial charge in [0.15, 0.2) is 0 Å². The number of pyridine rings is 1. The second kappa shape index (κ2) is 5.97. The van der Waals surface area contributed by atoms with Crippen LogP contribution in [0.5, 0.6) is 5.88 Å². The van der Waals surface area contributed by atoms with Gasteiger partial charge < -0.3 is 14.6 Å². The van der Waals surface area contributed by atoms with Crippen molar-refractivity contribution < 1.29 is 4.74 Å². The Bertz CT molecular complexity index is 749. The summed E-state index contributed by atoms with van der Waals surface area (Å²) in [7, 11) is 3.61. The Kier molecular flexibility index (Phi) is 3.88. The zero-order chi connectivity index (χ0) is 14.7. The van der Waals surface area contributed by atoms with E-state index in [-0.39, 0.29) is 0 Å². The first-order valence-corrected chi connectivity index (χ1v) is 7.03. The first kappa shape index (κ1) is 13.6. The van der Waals surface area contributed by atoms with Crippen LogP contribution in [0.2, 0.25) is 0 Å². The van der Waals surface area contributed by atoms with E-state index in [0.717, 1.165) is 18.8 Å². The van der Waals surface area contributed by atoms with E-state index in [1.54, 1.807) is 7.11 Å². The lowest BCUT2D eigenvalue weighted by Gasteiger charge is -2.06. The van der Waals surface area contributed by atoms with E-state index in [0.29, 0.717) is 5.88 Å². The second-order valence-electron chi connectivity index (χ2n) is 5.00. The van der Waals surface area contributed by atoms with Crippen LogP contribution in [0.3, 0.4) is 0 Å². The van der Waals surface area contributed by atoms with E-state index in [1.807, 2.05) is 25.2 Å². The van der Waals surface area contributed by atoms with Crippen molar-refractivity contribution in [2.75, 3.05) is 14.2 Å². The number of hydrogen-bond acceptors (Lipinski definition) is 3. The lowest BCUT2D eigenvalue weighted by molar-refractivity contribution is 0.396. The average molecular weight is 281 g/mol. The molecule has 108 valence electrons. The maximum Gasteiger partial charge on any atom is 0.213 e. The maximum atomic E-state index is 5.19. The van der Waals surface area contributed by atoms with Crippen LogP contribution >= 0.6 is 0 Å². The summed E-state index contributed by atoms with van der Waals surface area (Å²) in [6, 6.07) is 14.3. The van der Waals surface area contributed by atoms with Crippen molar-refractivity contribution in [2.24, 2.45) is 0 Å². The smallest absolute Gasteiger partial charge is 0.213 e. The fourth-order valence-electron chi connectivity index (χ4n) is 2.62. The van der Waals surface area contributed by atoms with E-state index in [2.05, 4.69) is 45.3 Å². The number of aromatic nitrogens is 2. The van der Waals surface area contributed by atoms with Gasteiger partial charge in [-0.3, -0.25) is 0 Å². The van der Waals surface area contributed by atoms with Crippen LogP contribution in [0.1, 0.15) is 11.3 Å². The summed E-state index contributed by atoms with van der Waals surface area (Å²) < 4.78 is 7.43. The molecule has 0 atom stereocenters. The van der Waals surface area contributed by atoms with E-state index in [1.165, 1.54) is 16.5 Å². The Morgan fingerprint density at radius 1 is 1.14 bits per heavy atom. The van der Waals surface area contributed by atoms with Gasteiger partial charge in [-0.2, -0.15) is 0 Å².